The molecule has 21 heavy (non-hydrogen) atoms. The summed E-state index contributed by atoms with van der Waals surface area (Å²) in [5.41, 5.74) is 5.32. The quantitative estimate of drug-likeness (QED) is 0.780. The predicted molar refractivity (Wildman–Crippen MR) is 75.5 cm³/mol. The van der Waals surface area contributed by atoms with Crippen LogP contribution in [0.25, 0.3) is 0 Å². The van der Waals surface area contributed by atoms with Crippen molar-refractivity contribution in [1.82, 2.24) is 9.80 Å². The van der Waals surface area contributed by atoms with E-state index >= 15 is 0 Å². The van der Waals surface area contributed by atoms with Gasteiger partial charge in [0.05, 0.1) is 5.92 Å². The molecular weight excluding hydrogens is 274 g/mol. The maximum atomic E-state index is 12.6. The summed E-state index contributed by atoms with van der Waals surface area (Å²) in [7, 11) is 0. The van der Waals surface area contributed by atoms with Crippen LogP contribution in [0.15, 0.2) is 0 Å². The minimum Gasteiger partial charge on any atom is -0.480 e. The van der Waals surface area contributed by atoms with Gasteiger partial charge in [0.2, 0.25) is 5.91 Å². The fourth-order valence-corrected chi connectivity index (χ4v) is 3.16. The molecule has 2 rings (SSSR count). The first-order valence-corrected chi connectivity index (χ1v) is 7.58. The van der Waals surface area contributed by atoms with E-state index in [0.717, 1.165) is 25.7 Å². The number of carboxylic acid groups (broad SMARTS) is 1. The highest BCUT2D eigenvalue weighted by atomic mass is 16.4. The lowest BCUT2D eigenvalue weighted by molar-refractivity contribution is -0.142. The third-order valence-corrected chi connectivity index (χ3v) is 4.38. The molecule has 2 atom stereocenters. The van der Waals surface area contributed by atoms with Gasteiger partial charge in [-0.25, -0.2) is 9.59 Å². The SMILES string of the molecule is NC(=O)C1CCCN(C(=O)N2CCCCCC2C(=O)O)C1. The van der Waals surface area contributed by atoms with Gasteiger partial charge in [-0.05, 0) is 25.7 Å². The first kappa shape index (κ1) is 15.6. The Hall–Kier alpha value is -1.79. The molecule has 0 aromatic heterocycles. The number of urea groups is 1. The van der Waals surface area contributed by atoms with Gasteiger partial charge in [-0.15, -0.1) is 0 Å². The number of carboxylic acids is 1. The Balaban J connectivity index is 2.08. The highest BCUT2D eigenvalue weighted by molar-refractivity contribution is 5.84. The normalized spacial score (nSPS) is 27.0. The van der Waals surface area contributed by atoms with Crippen molar-refractivity contribution in [3.05, 3.63) is 0 Å². The predicted octanol–water partition coefficient (Wildman–Crippen LogP) is 0.633. The molecule has 0 saturated carbocycles. The first-order valence-electron chi connectivity index (χ1n) is 7.58. The van der Waals surface area contributed by atoms with Crippen LogP contribution in [-0.2, 0) is 9.59 Å². The average molecular weight is 297 g/mol. The molecule has 0 aliphatic carbocycles. The maximum Gasteiger partial charge on any atom is 0.326 e. The van der Waals surface area contributed by atoms with Gasteiger partial charge < -0.3 is 20.6 Å². The Kier molecular flexibility index (Phi) is 5.03. The van der Waals surface area contributed by atoms with Gasteiger partial charge in [-0.3, -0.25) is 4.79 Å². The van der Waals surface area contributed by atoms with Crippen molar-refractivity contribution in [2.24, 2.45) is 11.7 Å². The molecule has 0 spiro atoms. The van der Waals surface area contributed by atoms with E-state index in [0.29, 0.717) is 32.5 Å². The van der Waals surface area contributed by atoms with E-state index in [1.165, 1.54) is 4.90 Å². The van der Waals surface area contributed by atoms with Crippen LogP contribution in [0.3, 0.4) is 0 Å². The number of nitrogens with zero attached hydrogens (tertiary/aromatic N) is 2. The molecule has 118 valence electrons. The van der Waals surface area contributed by atoms with Crippen molar-refractivity contribution in [3.8, 4) is 0 Å². The summed E-state index contributed by atoms with van der Waals surface area (Å²) in [6.07, 6.45) is 4.51. The number of amides is 3. The van der Waals surface area contributed by atoms with Gasteiger partial charge >= 0.3 is 12.0 Å². The molecule has 7 nitrogen and oxygen atoms in total. The number of carbonyl (C=O) groups excluding carboxylic acids is 2. The number of carbonyl (C=O) groups is 3. The molecule has 0 aromatic rings. The topological polar surface area (TPSA) is 104 Å². The monoisotopic (exact) mass is 297 g/mol. The molecule has 2 unspecified atom stereocenters. The van der Waals surface area contributed by atoms with Gasteiger partial charge in [0, 0.05) is 19.6 Å². The van der Waals surface area contributed by atoms with Gasteiger partial charge in [-0.2, -0.15) is 0 Å². The summed E-state index contributed by atoms with van der Waals surface area (Å²) in [4.78, 5) is 38.4. The lowest BCUT2D eigenvalue weighted by atomic mass is 9.98. The zero-order valence-corrected chi connectivity index (χ0v) is 12.2. The molecule has 2 heterocycles. The molecule has 0 aromatic carbocycles. The lowest BCUT2D eigenvalue weighted by Gasteiger charge is -2.37. The largest absolute Gasteiger partial charge is 0.480 e. The first-order chi connectivity index (χ1) is 10.0. The minimum atomic E-state index is -0.950. The number of hydrogen-bond acceptors (Lipinski definition) is 3. The number of hydrogen-bond donors (Lipinski definition) is 2. The molecule has 2 aliphatic heterocycles. The Labute approximate surface area is 124 Å². The molecule has 0 radical (unpaired) electrons. The summed E-state index contributed by atoms with van der Waals surface area (Å²) in [6.45, 7) is 1.33. The van der Waals surface area contributed by atoms with Crippen LogP contribution >= 0.6 is 0 Å². The lowest BCUT2D eigenvalue weighted by Crippen LogP contribution is -2.54. The Bertz CT molecular complexity index is 426. The number of piperidine rings is 1. The van der Waals surface area contributed by atoms with E-state index in [4.69, 9.17) is 5.73 Å². The smallest absolute Gasteiger partial charge is 0.326 e. The molecule has 2 fully saturated rings. The second-order valence-electron chi connectivity index (χ2n) is 5.87. The number of aliphatic carboxylic acids is 1. The summed E-state index contributed by atoms with van der Waals surface area (Å²) >= 11 is 0. The zero-order valence-electron chi connectivity index (χ0n) is 12.2. The fourth-order valence-electron chi connectivity index (χ4n) is 3.16. The van der Waals surface area contributed by atoms with Crippen LogP contribution in [0, 0.1) is 5.92 Å². The molecule has 3 amide bonds. The van der Waals surface area contributed by atoms with Crippen molar-refractivity contribution in [2.75, 3.05) is 19.6 Å². The van der Waals surface area contributed by atoms with E-state index in [2.05, 4.69) is 0 Å². The number of primary amides is 1. The van der Waals surface area contributed by atoms with Crippen LogP contribution < -0.4 is 5.73 Å². The van der Waals surface area contributed by atoms with Crippen molar-refractivity contribution in [2.45, 2.75) is 44.6 Å². The molecule has 3 N–H and O–H groups in total. The van der Waals surface area contributed by atoms with Crippen LogP contribution in [0.1, 0.15) is 38.5 Å². The van der Waals surface area contributed by atoms with Crippen LogP contribution in [0.5, 0.6) is 0 Å². The molecule has 2 aliphatic rings. The molecule has 0 bridgehead atoms. The van der Waals surface area contributed by atoms with Gasteiger partial charge in [0.1, 0.15) is 6.04 Å². The summed E-state index contributed by atoms with van der Waals surface area (Å²) in [6, 6.07) is -1.02. The van der Waals surface area contributed by atoms with Crippen molar-refractivity contribution in [3.63, 3.8) is 0 Å². The summed E-state index contributed by atoms with van der Waals surface area (Å²) in [5.74, 6) is -1.66. The Morgan fingerprint density at radius 3 is 2.43 bits per heavy atom. The van der Waals surface area contributed by atoms with Crippen LogP contribution in [0.2, 0.25) is 0 Å². The Morgan fingerprint density at radius 2 is 1.76 bits per heavy atom. The van der Waals surface area contributed by atoms with Gasteiger partial charge in [-0.1, -0.05) is 12.8 Å². The summed E-state index contributed by atoms with van der Waals surface area (Å²) < 4.78 is 0. The minimum absolute atomic E-state index is 0.268. The zero-order chi connectivity index (χ0) is 15.4. The van der Waals surface area contributed by atoms with Gasteiger partial charge in [0.25, 0.3) is 0 Å². The second-order valence-corrected chi connectivity index (χ2v) is 5.87. The highest BCUT2D eigenvalue weighted by Crippen LogP contribution is 2.22. The summed E-state index contributed by atoms with van der Waals surface area (Å²) in [5, 5.41) is 9.33. The van der Waals surface area contributed by atoms with Crippen molar-refractivity contribution in [1.29, 1.82) is 0 Å². The van der Waals surface area contributed by atoms with E-state index in [1.807, 2.05) is 0 Å². The standard InChI is InChI=1S/C14H23N3O4/c15-12(18)10-5-4-7-16(9-10)14(21)17-8-3-1-2-6-11(17)13(19)20/h10-11H,1-9H2,(H2,15,18)(H,19,20). The van der Waals surface area contributed by atoms with E-state index in [-0.39, 0.29) is 11.9 Å². The van der Waals surface area contributed by atoms with Gasteiger partial charge in [0.15, 0.2) is 0 Å². The molecule has 2 saturated heterocycles. The third-order valence-electron chi connectivity index (χ3n) is 4.38. The number of rotatable bonds is 2. The van der Waals surface area contributed by atoms with Crippen molar-refractivity contribution < 1.29 is 19.5 Å². The fraction of sp³-hybridized carbons (Fsp3) is 0.786. The number of likely N-dealkylation sites (tertiary alicyclic amines) is 2. The average Bonchev–Trinajstić information content (AvgIpc) is 2.72. The number of nitrogens with two attached hydrogens (primary N) is 1. The van der Waals surface area contributed by atoms with Crippen LogP contribution in [0.4, 0.5) is 4.79 Å². The third kappa shape index (κ3) is 3.65. The Morgan fingerprint density at radius 1 is 1.00 bits per heavy atom. The second kappa shape index (κ2) is 6.78. The van der Waals surface area contributed by atoms with Crippen molar-refractivity contribution >= 4 is 17.9 Å². The van der Waals surface area contributed by atoms with E-state index < -0.39 is 17.9 Å². The maximum absolute atomic E-state index is 12.6. The van der Waals surface area contributed by atoms with E-state index in [1.54, 1.807) is 4.90 Å². The highest BCUT2D eigenvalue weighted by Gasteiger charge is 2.35. The molecular formula is C14H23N3O4. The van der Waals surface area contributed by atoms with E-state index in [9.17, 15) is 19.5 Å². The molecule has 7 heteroatoms. The van der Waals surface area contributed by atoms with Crippen LogP contribution in [-0.4, -0.2) is 58.5 Å².